The predicted octanol–water partition coefficient (Wildman–Crippen LogP) is 8.29. The highest BCUT2D eigenvalue weighted by molar-refractivity contribution is 7.18. The first-order valence-electron chi connectivity index (χ1n) is 12.6. The average Bonchev–Trinajstić information content (AvgIpc) is 3.31. The maximum absolute atomic E-state index is 14.5. The number of hydrogen-bond acceptors (Lipinski definition) is 4. The van der Waals surface area contributed by atoms with Gasteiger partial charge in [0, 0.05) is 16.0 Å². The maximum atomic E-state index is 14.5. The van der Waals surface area contributed by atoms with Gasteiger partial charge in [-0.3, -0.25) is 9.59 Å². The van der Waals surface area contributed by atoms with E-state index in [-0.39, 0.29) is 30.3 Å². The number of halogens is 2. The lowest BCUT2D eigenvalue weighted by Gasteiger charge is -2.51. The monoisotopic (exact) mass is 566 g/mol. The van der Waals surface area contributed by atoms with Crippen LogP contribution in [-0.2, 0) is 9.59 Å². The smallest absolute Gasteiger partial charge is 0.304 e. The van der Waals surface area contributed by atoms with Crippen molar-refractivity contribution in [2.24, 2.45) is 5.41 Å². The molecule has 1 unspecified atom stereocenters. The molecule has 8 heteroatoms. The molecule has 5 rings (SSSR count). The molecule has 4 aromatic rings. The quantitative estimate of drug-likeness (QED) is 0.244. The Balaban J connectivity index is 1.73. The molecule has 38 heavy (non-hydrogen) atoms. The molecule has 0 radical (unpaired) electrons. The molecule has 1 aliphatic rings. The van der Waals surface area contributed by atoms with Crippen LogP contribution in [0.2, 0.25) is 10.0 Å². The van der Waals surface area contributed by atoms with Crippen molar-refractivity contribution in [1.82, 2.24) is 9.88 Å². The number of fused-ring (bicyclic) bond motifs is 1. The van der Waals surface area contributed by atoms with E-state index < -0.39 is 11.4 Å². The number of aliphatic carboxylic acids is 1. The molecule has 4 atom stereocenters. The van der Waals surface area contributed by atoms with Crippen molar-refractivity contribution in [3.05, 3.63) is 99.0 Å². The maximum Gasteiger partial charge on any atom is 0.304 e. The van der Waals surface area contributed by atoms with Crippen LogP contribution in [0.4, 0.5) is 0 Å². The number of rotatable bonds is 7. The molecule has 0 bridgehead atoms. The van der Waals surface area contributed by atoms with Gasteiger partial charge in [0.15, 0.2) is 0 Å². The first kappa shape index (κ1) is 26.7. The fourth-order valence-corrected chi connectivity index (χ4v) is 7.22. The van der Waals surface area contributed by atoms with Gasteiger partial charge < -0.3 is 10.0 Å². The van der Waals surface area contributed by atoms with E-state index in [1.165, 1.54) is 0 Å². The van der Waals surface area contributed by atoms with E-state index >= 15 is 0 Å². The van der Waals surface area contributed by atoms with Crippen LogP contribution in [0.15, 0.2) is 72.8 Å². The van der Waals surface area contributed by atoms with Crippen LogP contribution in [-0.4, -0.2) is 26.9 Å². The van der Waals surface area contributed by atoms with Crippen molar-refractivity contribution in [3.63, 3.8) is 0 Å². The Morgan fingerprint density at radius 2 is 1.82 bits per heavy atom. The van der Waals surface area contributed by atoms with Gasteiger partial charge in [-0.2, -0.15) is 0 Å². The van der Waals surface area contributed by atoms with Gasteiger partial charge >= 0.3 is 5.97 Å². The minimum Gasteiger partial charge on any atom is -0.481 e. The molecule has 5 nitrogen and oxygen atoms in total. The zero-order chi connectivity index (χ0) is 27.0. The number of piperidine rings is 1. The van der Waals surface area contributed by atoms with Crippen LogP contribution in [0, 0.1) is 5.41 Å². The van der Waals surface area contributed by atoms with Crippen LogP contribution in [0.25, 0.3) is 10.2 Å². The fraction of sp³-hybridized carbons (Fsp3) is 0.300. The summed E-state index contributed by atoms with van der Waals surface area (Å²) >= 11 is 14.3. The lowest BCUT2D eigenvalue weighted by atomic mass is 9.67. The fourth-order valence-electron chi connectivity index (χ4n) is 5.75. The summed E-state index contributed by atoms with van der Waals surface area (Å²) in [5, 5.41) is 11.9. The van der Waals surface area contributed by atoms with E-state index in [1.54, 1.807) is 18.3 Å². The number of para-hydroxylation sites is 1. The summed E-state index contributed by atoms with van der Waals surface area (Å²) in [6.07, 6.45) is 0.739. The Hall–Kier alpha value is -2.93. The molecule has 0 aliphatic carbocycles. The average molecular weight is 568 g/mol. The van der Waals surface area contributed by atoms with Gasteiger partial charge in [0.05, 0.1) is 34.1 Å². The number of thiazole rings is 1. The molecule has 0 spiro atoms. The van der Waals surface area contributed by atoms with Crippen molar-refractivity contribution in [2.75, 3.05) is 0 Å². The summed E-state index contributed by atoms with van der Waals surface area (Å²) in [7, 11) is 0. The van der Waals surface area contributed by atoms with Gasteiger partial charge in [0.1, 0.15) is 5.01 Å². The molecule has 0 saturated carbocycles. The van der Waals surface area contributed by atoms with Crippen molar-refractivity contribution in [1.29, 1.82) is 0 Å². The van der Waals surface area contributed by atoms with E-state index in [4.69, 9.17) is 28.2 Å². The zero-order valence-electron chi connectivity index (χ0n) is 21.1. The van der Waals surface area contributed by atoms with Crippen LogP contribution >= 0.6 is 34.5 Å². The Bertz CT molecular complexity index is 1460. The van der Waals surface area contributed by atoms with Crippen LogP contribution in [0.1, 0.15) is 67.2 Å². The molecule has 1 fully saturated rings. The molecular weight excluding hydrogens is 539 g/mol. The lowest BCUT2D eigenvalue weighted by molar-refractivity contribution is -0.160. The summed E-state index contributed by atoms with van der Waals surface area (Å²) < 4.78 is 1.05. The van der Waals surface area contributed by atoms with Gasteiger partial charge in [-0.25, -0.2) is 4.98 Å². The number of benzene rings is 3. The second kappa shape index (κ2) is 10.7. The predicted molar refractivity (Wildman–Crippen MR) is 153 cm³/mol. The number of carbonyl (C=O) groups excluding carboxylic acids is 1. The van der Waals surface area contributed by atoms with Gasteiger partial charge in [0.25, 0.3) is 0 Å². The number of likely N-dealkylation sites (tertiary alicyclic amines) is 1. The Kier molecular flexibility index (Phi) is 7.49. The number of nitrogens with zero attached hydrogens (tertiary/aromatic N) is 2. The highest BCUT2D eigenvalue weighted by atomic mass is 35.5. The summed E-state index contributed by atoms with van der Waals surface area (Å²) in [5.74, 6) is -1.37. The number of hydrogen-bond donors (Lipinski definition) is 1. The number of carboxylic acids is 1. The van der Waals surface area contributed by atoms with Crippen LogP contribution < -0.4 is 0 Å². The molecule has 3 aromatic carbocycles. The topological polar surface area (TPSA) is 70.5 Å². The summed E-state index contributed by atoms with van der Waals surface area (Å²) in [6.45, 7) is 3.82. The molecule has 1 saturated heterocycles. The van der Waals surface area contributed by atoms with Gasteiger partial charge in [-0.05, 0) is 60.4 Å². The van der Waals surface area contributed by atoms with E-state index in [1.807, 2.05) is 84.6 Å². The highest BCUT2D eigenvalue weighted by Crippen LogP contribution is 2.54. The first-order valence-corrected chi connectivity index (χ1v) is 14.2. The second-order valence-electron chi connectivity index (χ2n) is 10.1. The summed E-state index contributed by atoms with van der Waals surface area (Å²) in [6, 6.07) is 22.4. The highest BCUT2D eigenvalue weighted by Gasteiger charge is 2.52. The van der Waals surface area contributed by atoms with Crippen molar-refractivity contribution >= 4 is 56.6 Å². The number of carbonyl (C=O) groups is 2. The molecule has 2 heterocycles. The zero-order valence-corrected chi connectivity index (χ0v) is 23.4. The minimum absolute atomic E-state index is 0.177. The molecular formula is C30H28Cl2N2O3S. The first-order chi connectivity index (χ1) is 18.2. The normalized spacial score (nSPS) is 22.5. The largest absolute Gasteiger partial charge is 0.481 e. The Labute approximate surface area is 236 Å². The lowest BCUT2D eigenvalue weighted by Crippen LogP contribution is -2.53. The standard InChI is InChI=1S/C30H28Cl2N2O3S/c1-3-24(28-33-23-9-4-5-10-25(23)38-28)34-27(18-11-13-20(31)14-12-18)22(19-7-6-8-21(32)15-19)16-30(2,29(34)37)17-26(35)36/h4-15,22,24,27H,3,16-17H2,1-2H3,(H,35,36)/t22?,24-,27-,30-/m1/s1. The molecule has 1 aliphatic heterocycles. The summed E-state index contributed by atoms with van der Waals surface area (Å²) in [5.41, 5.74) is 1.68. The third-order valence-electron chi connectivity index (χ3n) is 7.45. The van der Waals surface area contributed by atoms with Crippen LogP contribution in [0.3, 0.4) is 0 Å². The van der Waals surface area contributed by atoms with Crippen LogP contribution in [0.5, 0.6) is 0 Å². The Morgan fingerprint density at radius 3 is 2.47 bits per heavy atom. The van der Waals surface area contributed by atoms with Crippen molar-refractivity contribution in [3.8, 4) is 0 Å². The van der Waals surface area contributed by atoms with E-state index in [0.29, 0.717) is 22.9 Å². The molecule has 1 N–H and O–H groups in total. The number of amides is 1. The third kappa shape index (κ3) is 5.05. The molecule has 1 amide bonds. The Morgan fingerprint density at radius 1 is 1.08 bits per heavy atom. The van der Waals surface area contributed by atoms with Gasteiger partial charge in [-0.1, -0.05) is 73.4 Å². The van der Waals surface area contributed by atoms with Crippen molar-refractivity contribution < 1.29 is 14.7 Å². The number of carboxylic acid groups (broad SMARTS) is 1. The third-order valence-corrected chi connectivity index (χ3v) is 9.07. The minimum atomic E-state index is -1.11. The van der Waals surface area contributed by atoms with E-state index in [9.17, 15) is 14.7 Å². The van der Waals surface area contributed by atoms with Crippen molar-refractivity contribution in [2.45, 2.75) is 51.1 Å². The summed E-state index contributed by atoms with van der Waals surface area (Å²) in [4.78, 5) is 33.3. The SMILES string of the molecule is CC[C@H](c1nc2ccccc2s1)N1C(=O)[C@@](C)(CC(=O)O)CC(c2cccc(Cl)c2)[C@H]1c1ccc(Cl)cc1. The second-order valence-corrected chi connectivity index (χ2v) is 12.1. The van der Waals surface area contributed by atoms with Gasteiger partial charge in [0.2, 0.25) is 5.91 Å². The van der Waals surface area contributed by atoms with E-state index in [2.05, 4.69) is 0 Å². The molecule has 196 valence electrons. The number of aromatic nitrogens is 1. The molecule has 1 aromatic heterocycles. The van der Waals surface area contributed by atoms with Gasteiger partial charge in [-0.15, -0.1) is 11.3 Å². The van der Waals surface area contributed by atoms with E-state index in [0.717, 1.165) is 26.4 Å².